The summed E-state index contributed by atoms with van der Waals surface area (Å²) in [4.78, 5) is 3.44. The smallest absolute Gasteiger partial charge is 0.435 e. The Labute approximate surface area is 196 Å². The van der Waals surface area contributed by atoms with E-state index in [9.17, 15) is 31.4 Å². The molecule has 35 heavy (non-hydrogen) atoms. The molecule has 0 aliphatic rings. The van der Waals surface area contributed by atoms with E-state index in [1.807, 2.05) is 0 Å². The summed E-state index contributed by atoms with van der Waals surface area (Å²) in [6, 6.07) is 3.76. The highest BCUT2D eigenvalue weighted by Crippen LogP contribution is 2.36. The van der Waals surface area contributed by atoms with E-state index in [2.05, 4.69) is 20.3 Å². The molecule has 1 N–H and O–H groups in total. The summed E-state index contributed by atoms with van der Waals surface area (Å²) in [6.07, 6.45) is -8.85. The predicted molar refractivity (Wildman–Crippen MR) is 112 cm³/mol. The van der Waals surface area contributed by atoms with Crippen molar-refractivity contribution < 1.29 is 36.2 Å². The zero-order valence-corrected chi connectivity index (χ0v) is 19.1. The van der Waals surface area contributed by atoms with Gasteiger partial charge >= 0.3 is 12.4 Å². The Kier molecular flexibility index (Phi) is 7.68. The Hall–Kier alpha value is -3.22. The fourth-order valence-corrected chi connectivity index (χ4v) is 3.53. The summed E-state index contributed by atoms with van der Waals surface area (Å²) in [5.41, 5.74) is -1.28. The SMILES string of the molecule is CCOc1cc(CC(O)CCc2cc(C)c(-c3cn(C)nc3C(F)(F)F)nn2)cc(C(F)(F)F)n1. The van der Waals surface area contributed by atoms with Crippen molar-refractivity contribution in [2.75, 3.05) is 6.61 Å². The van der Waals surface area contributed by atoms with Crippen LogP contribution >= 0.6 is 0 Å². The molecule has 0 saturated heterocycles. The third-order valence-electron chi connectivity index (χ3n) is 5.04. The molecule has 0 fully saturated rings. The standard InChI is InChI=1S/C22H23F6N5O2/c1-4-35-18-10-13(9-17(29-18)21(23,24)25)8-15(34)6-5-14-7-12(2)19(31-30-14)16-11-33(3)32-20(16)22(26,27)28/h7,9-11,15,34H,4-6,8H2,1-3H3. The maximum atomic E-state index is 13.3. The molecular formula is C22H23F6N5O2. The Balaban J connectivity index is 1.71. The van der Waals surface area contributed by atoms with Crippen LogP contribution in [0.5, 0.6) is 5.88 Å². The minimum absolute atomic E-state index is 0.0367. The molecule has 0 spiro atoms. The molecule has 3 rings (SSSR count). The number of nitrogens with zero attached hydrogens (tertiary/aromatic N) is 5. The molecule has 7 nitrogen and oxygen atoms in total. The van der Waals surface area contributed by atoms with Gasteiger partial charge in [-0.25, -0.2) is 4.98 Å². The van der Waals surface area contributed by atoms with E-state index < -0.39 is 29.8 Å². The second-order valence-corrected chi connectivity index (χ2v) is 7.96. The van der Waals surface area contributed by atoms with Crippen molar-refractivity contribution in [2.45, 2.75) is 51.6 Å². The van der Waals surface area contributed by atoms with Gasteiger partial charge in [-0.15, -0.1) is 5.10 Å². The van der Waals surface area contributed by atoms with Crippen LogP contribution in [0.3, 0.4) is 0 Å². The second kappa shape index (κ2) is 10.2. The first kappa shape index (κ1) is 26.4. The molecule has 0 bridgehead atoms. The lowest BCUT2D eigenvalue weighted by molar-refractivity contribution is -0.142. The van der Waals surface area contributed by atoms with Crippen molar-refractivity contribution in [1.29, 1.82) is 0 Å². The lowest BCUT2D eigenvalue weighted by Gasteiger charge is -2.14. The van der Waals surface area contributed by atoms with Gasteiger partial charge in [-0.05, 0) is 56.4 Å². The molecule has 3 aromatic rings. The first-order valence-corrected chi connectivity index (χ1v) is 10.6. The molecule has 3 aromatic heterocycles. The normalized spacial score (nSPS) is 13.2. The van der Waals surface area contributed by atoms with Crippen LogP contribution in [0.4, 0.5) is 26.3 Å². The largest absolute Gasteiger partial charge is 0.478 e. The van der Waals surface area contributed by atoms with Crippen molar-refractivity contribution in [1.82, 2.24) is 25.0 Å². The number of aliphatic hydroxyl groups excluding tert-OH is 1. The van der Waals surface area contributed by atoms with Gasteiger partial charge in [0.15, 0.2) is 5.69 Å². The summed E-state index contributed by atoms with van der Waals surface area (Å²) in [5, 5.41) is 21.8. The number of hydrogen-bond donors (Lipinski definition) is 1. The van der Waals surface area contributed by atoms with Gasteiger partial charge in [0.2, 0.25) is 5.88 Å². The maximum Gasteiger partial charge on any atom is 0.435 e. The monoisotopic (exact) mass is 503 g/mol. The number of aryl methyl sites for hydroxylation is 3. The van der Waals surface area contributed by atoms with Gasteiger partial charge in [-0.3, -0.25) is 4.68 Å². The average Bonchev–Trinajstić information content (AvgIpc) is 3.14. The summed E-state index contributed by atoms with van der Waals surface area (Å²) >= 11 is 0. The number of halogens is 6. The highest BCUT2D eigenvalue weighted by Gasteiger charge is 2.38. The Morgan fingerprint density at radius 2 is 1.77 bits per heavy atom. The number of aliphatic hydroxyl groups is 1. The summed E-state index contributed by atoms with van der Waals surface area (Å²) in [6.45, 7) is 3.33. The molecule has 0 aliphatic carbocycles. The zero-order valence-electron chi connectivity index (χ0n) is 19.1. The van der Waals surface area contributed by atoms with Crippen molar-refractivity contribution in [3.05, 3.63) is 52.6 Å². The van der Waals surface area contributed by atoms with Crippen molar-refractivity contribution in [3.8, 4) is 17.1 Å². The lowest BCUT2D eigenvalue weighted by Crippen LogP contribution is -2.15. The van der Waals surface area contributed by atoms with E-state index in [1.54, 1.807) is 19.9 Å². The van der Waals surface area contributed by atoms with E-state index in [4.69, 9.17) is 4.74 Å². The van der Waals surface area contributed by atoms with Gasteiger partial charge in [0, 0.05) is 19.3 Å². The highest BCUT2D eigenvalue weighted by atomic mass is 19.4. The third kappa shape index (κ3) is 6.68. The maximum absolute atomic E-state index is 13.3. The first-order chi connectivity index (χ1) is 16.3. The number of aromatic nitrogens is 5. The van der Waals surface area contributed by atoms with Crippen LogP contribution in [-0.4, -0.2) is 42.8 Å². The zero-order chi connectivity index (χ0) is 26.0. The molecule has 190 valence electrons. The van der Waals surface area contributed by atoms with Gasteiger partial charge in [0.1, 0.15) is 5.69 Å². The number of hydrogen-bond acceptors (Lipinski definition) is 6. The van der Waals surface area contributed by atoms with Gasteiger partial charge < -0.3 is 9.84 Å². The number of alkyl halides is 6. The Morgan fingerprint density at radius 1 is 1.06 bits per heavy atom. The topological polar surface area (TPSA) is 86.0 Å². The molecule has 0 amide bonds. The second-order valence-electron chi connectivity index (χ2n) is 7.96. The van der Waals surface area contributed by atoms with E-state index in [0.717, 1.165) is 10.7 Å². The van der Waals surface area contributed by atoms with Crippen molar-refractivity contribution in [3.63, 3.8) is 0 Å². The number of ether oxygens (including phenoxy) is 1. The van der Waals surface area contributed by atoms with Crippen molar-refractivity contribution >= 4 is 0 Å². The average molecular weight is 503 g/mol. The van der Waals surface area contributed by atoms with E-state index in [0.29, 0.717) is 11.3 Å². The summed E-state index contributed by atoms with van der Waals surface area (Å²) in [7, 11) is 1.37. The summed E-state index contributed by atoms with van der Waals surface area (Å²) < 4.78 is 85.3. The Bertz CT molecular complexity index is 1180. The van der Waals surface area contributed by atoms with Crippen LogP contribution in [0.25, 0.3) is 11.3 Å². The third-order valence-corrected chi connectivity index (χ3v) is 5.04. The van der Waals surface area contributed by atoms with Crippen LogP contribution in [0.15, 0.2) is 24.4 Å². The van der Waals surface area contributed by atoms with Gasteiger partial charge in [0.05, 0.1) is 29.7 Å². The van der Waals surface area contributed by atoms with E-state index in [-0.39, 0.29) is 48.6 Å². The fourth-order valence-electron chi connectivity index (χ4n) is 3.53. The van der Waals surface area contributed by atoms with E-state index in [1.165, 1.54) is 19.3 Å². The van der Waals surface area contributed by atoms with Gasteiger partial charge in [-0.2, -0.15) is 36.5 Å². The van der Waals surface area contributed by atoms with Crippen molar-refractivity contribution in [2.24, 2.45) is 7.05 Å². The van der Waals surface area contributed by atoms with Gasteiger partial charge in [-0.1, -0.05) is 0 Å². The molecule has 0 saturated carbocycles. The molecular weight excluding hydrogens is 480 g/mol. The van der Waals surface area contributed by atoms with Crippen LogP contribution in [-0.2, 0) is 32.2 Å². The molecule has 1 unspecified atom stereocenters. The fraction of sp³-hybridized carbons (Fsp3) is 0.455. The molecule has 0 aliphatic heterocycles. The molecule has 0 radical (unpaired) electrons. The van der Waals surface area contributed by atoms with Crippen LogP contribution in [0.2, 0.25) is 0 Å². The molecule has 1 atom stereocenters. The number of pyridine rings is 1. The first-order valence-electron chi connectivity index (χ1n) is 10.6. The molecule has 13 heteroatoms. The van der Waals surface area contributed by atoms with Crippen LogP contribution < -0.4 is 4.74 Å². The minimum Gasteiger partial charge on any atom is -0.478 e. The number of rotatable bonds is 8. The molecule has 0 aromatic carbocycles. The van der Waals surface area contributed by atoms with E-state index >= 15 is 0 Å². The van der Waals surface area contributed by atoms with Crippen LogP contribution in [0.1, 0.15) is 41.6 Å². The summed E-state index contributed by atoms with van der Waals surface area (Å²) in [5.74, 6) is -0.185. The predicted octanol–water partition coefficient (Wildman–Crippen LogP) is 4.55. The lowest BCUT2D eigenvalue weighted by atomic mass is 10.0. The van der Waals surface area contributed by atoms with Crippen LogP contribution in [0, 0.1) is 6.92 Å². The minimum atomic E-state index is -4.66. The van der Waals surface area contributed by atoms with Gasteiger partial charge in [0.25, 0.3) is 0 Å². The Morgan fingerprint density at radius 3 is 2.37 bits per heavy atom. The highest BCUT2D eigenvalue weighted by molar-refractivity contribution is 5.65. The quantitative estimate of drug-likeness (QED) is 0.454. The molecule has 3 heterocycles.